The minimum absolute atomic E-state index is 0.102. The van der Waals surface area contributed by atoms with E-state index < -0.39 is 0 Å². The number of nitrogens with zero attached hydrogens (tertiary/aromatic N) is 7. The summed E-state index contributed by atoms with van der Waals surface area (Å²) in [7, 11) is 0. The Morgan fingerprint density at radius 2 is 1.96 bits per heavy atom. The van der Waals surface area contributed by atoms with E-state index in [9.17, 15) is 4.79 Å². The van der Waals surface area contributed by atoms with E-state index in [0.717, 1.165) is 11.4 Å². The van der Waals surface area contributed by atoms with E-state index in [2.05, 4.69) is 15.1 Å². The molecule has 0 unspecified atom stereocenters. The van der Waals surface area contributed by atoms with Gasteiger partial charge >= 0.3 is 0 Å². The molecule has 0 aliphatic carbocycles. The molecule has 0 radical (unpaired) electrons. The Morgan fingerprint density at radius 1 is 1.11 bits per heavy atom. The van der Waals surface area contributed by atoms with Gasteiger partial charge in [0.15, 0.2) is 11.3 Å². The molecule has 0 atom stereocenters. The van der Waals surface area contributed by atoms with Gasteiger partial charge in [0.05, 0.1) is 24.3 Å². The van der Waals surface area contributed by atoms with Crippen molar-refractivity contribution in [2.75, 3.05) is 6.54 Å². The summed E-state index contributed by atoms with van der Waals surface area (Å²) in [5, 5.41) is 13.2. The molecule has 1 amide bonds. The van der Waals surface area contributed by atoms with Gasteiger partial charge in [-0.2, -0.15) is 10.4 Å². The minimum Gasteiger partial charge on any atom is -0.331 e. The molecule has 1 aromatic carbocycles. The molecular weight excluding hydrogens is 354 g/mol. The zero-order valence-corrected chi connectivity index (χ0v) is 14.9. The van der Waals surface area contributed by atoms with Crippen molar-refractivity contribution in [2.24, 2.45) is 0 Å². The van der Waals surface area contributed by atoms with Crippen LogP contribution in [-0.2, 0) is 13.1 Å². The molecule has 0 bridgehead atoms. The first-order chi connectivity index (χ1) is 13.7. The lowest BCUT2D eigenvalue weighted by Crippen LogP contribution is -2.38. The van der Waals surface area contributed by atoms with E-state index in [4.69, 9.17) is 5.26 Å². The molecule has 1 aliphatic heterocycles. The van der Waals surface area contributed by atoms with Crippen LogP contribution in [0.4, 0.5) is 0 Å². The zero-order valence-electron chi connectivity index (χ0n) is 14.9. The van der Waals surface area contributed by atoms with E-state index >= 15 is 0 Å². The fourth-order valence-corrected chi connectivity index (χ4v) is 3.47. The number of hydrogen-bond donors (Lipinski definition) is 0. The molecule has 0 fully saturated rings. The molecule has 0 saturated heterocycles. The Bertz CT molecular complexity index is 1230. The van der Waals surface area contributed by atoms with Gasteiger partial charge in [0.1, 0.15) is 17.9 Å². The van der Waals surface area contributed by atoms with E-state index in [1.807, 2.05) is 41.0 Å². The molecule has 8 heteroatoms. The van der Waals surface area contributed by atoms with Crippen LogP contribution in [0.2, 0.25) is 0 Å². The highest BCUT2D eigenvalue weighted by Crippen LogP contribution is 2.20. The number of fused-ring (bicyclic) bond motifs is 2. The van der Waals surface area contributed by atoms with Crippen LogP contribution < -0.4 is 0 Å². The third-order valence-electron chi connectivity index (χ3n) is 4.87. The van der Waals surface area contributed by atoms with Crippen molar-refractivity contribution in [3.63, 3.8) is 0 Å². The molecule has 0 saturated carbocycles. The van der Waals surface area contributed by atoms with Crippen molar-refractivity contribution in [1.29, 1.82) is 5.26 Å². The van der Waals surface area contributed by atoms with Crippen LogP contribution in [0.25, 0.3) is 16.9 Å². The van der Waals surface area contributed by atoms with E-state index in [1.165, 1.54) is 0 Å². The lowest BCUT2D eigenvalue weighted by Gasteiger charge is -2.27. The second-order valence-electron chi connectivity index (χ2n) is 6.60. The first-order valence-electron chi connectivity index (χ1n) is 8.87. The second-order valence-corrected chi connectivity index (χ2v) is 6.60. The predicted molar refractivity (Wildman–Crippen MR) is 101 cm³/mol. The number of nitriles is 1. The van der Waals surface area contributed by atoms with Crippen molar-refractivity contribution in [1.82, 2.24) is 29.2 Å². The van der Waals surface area contributed by atoms with Crippen LogP contribution in [0.1, 0.15) is 21.7 Å². The zero-order chi connectivity index (χ0) is 19.1. The maximum Gasteiger partial charge on any atom is 0.255 e. The first kappa shape index (κ1) is 16.2. The monoisotopic (exact) mass is 369 g/mol. The van der Waals surface area contributed by atoms with Gasteiger partial charge in [-0.1, -0.05) is 18.2 Å². The highest BCUT2D eigenvalue weighted by atomic mass is 16.2. The van der Waals surface area contributed by atoms with Gasteiger partial charge in [0.25, 0.3) is 5.91 Å². The Kier molecular flexibility index (Phi) is 3.66. The summed E-state index contributed by atoms with van der Waals surface area (Å²) in [4.78, 5) is 23.6. The van der Waals surface area contributed by atoms with Crippen LogP contribution in [0.15, 0.2) is 55.0 Å². The Hall–Kier alpha value is -3.99. The lowest BCUT2D eigenvalue weighted by atomic mass is 10.2. The fraction of sp³-hybridized carbons (Fsp3) is 0.150. The second kappa shape index (κ2) is 6.32. The number of para-hydroxylation sites is 1. The van der Waals surface area contributed by atoms with Crippen LogP contribution in [0, 0.1) is 11.3 Å². The maximum absolute atomic E-state index is 13.0. The molecule has 5 rings (SSSR count). The number of amides is 1. The van der Waals surface area contributed by atoms with Crippen molar-refractivity contribution >= 4 is 17.1 Å². The quantitative estimate of drug-likeness (QED) is 0.540. The van der Waals surface area contributed by atoms with Crippen molar-refractivity contribution < 1.29 is 4.79 Å². The van der Waals surface area contributed by atoms with E-state index in [1.54, 1.807) is 34.2 Å². The fourth-order valence-electron chi connectivity index (χ4n) is 3.47. The summed E-state index contributed by atoms with van der Waals surface area (Å²) in [6, 6.07) is 15.4. The molecule has 8 nitrogen and oxygen atoms in total. The molecule has 1 aliphatic rings. The Labute approximate surface area is 160 Å². The van der Waals surface area contributed by atoms with Gasteiger partial charge in [-0.05, 0) is 24.3 Å². The van der Waals surface area contributed by atoms with Crippen LogP contribution in [0.5, 0.6) is 0 Å². The minimum atomic E-state index is -0.102. The number of aromatic nitrogens is 5. The normalized spacial score (nSPS) is 13.3. The third kappa shape index (κ3) is 2.61. The third-order valence-corrected chi connectivity index (χ3v) is 4.87. The van der Waals surface area contributed by atoms with Gasteiger partial charge < -0.3 is 4.90 Å². The number of hydrogen-bond acceptors (Lipinski definition) is 5. The summed E-state index contributed by atoms with van der Waals surface area (Å²) in [6.07, 6.45) is 3.31. The molecule has 4 heterocycles. The smallest absolute Gasteiger partial charge is 0.255 e. The van der Waals surface area contributed by atoms with Crippen LogP contribution in [0.3, 0.4) is 0 Å². The van der Waals surface area contributed by atoms with Crippen LogP contribution in [-0.4, -0.2) is 41.7 Å². The highest BCUT2D eigenvalue weighted by Gasteiger charge is 2.24. The van der Waals surface area contributed by atoms with Gasteiger partial charge in [-0.15, -0.1) is 0 Å². The van der Waals surface area contributed by atoms with E-state index in [-0.39, 0.29) is 5.91 Å². The number of rotatable bonds is 2. The Morgan fingerprint density at radius 3 is 2.79 bits per heavy atom. The maximum atomic E-state index is 13.0. The van der Waals surface area contributed by atoms with Gasteiger partial charge in [-0.3, -0.25) is 14.0 Å². The van der Waals surface area contributed by atoms with Crippen molar-refractivity contribution in [2.45, 2.75) is 13.1 Å². The van der Waals surface area contributed by atoms with Gasteiger partial charge in [-0.25, -0.2) is 9.97 Å². The highest BCUT2D eigenvalue weighted by molar-refractivity contribution is 5.96. The summed E-state index contributed by atoms with van der Waals surface area (Å²) >= 11 is 0. The number of benzene rings is 1. The summed E-state index contributed by atoms with van der Waals surface area (Å²) in [5.74, 6) is -0.102. The number of pyridine rings is 1. The van der Waals surface area contributed by atoms with Gasteiger partial charge in [0, 0.05) is 18.4 Å². The average Bonchev–Trinajstić information content (AvgIpc) is 3.36. The molecule has 0 N–H and O–H groups in total. The number of carbonyl (C=O) groups excluding carboxylic acids is 1. The lowest BCUT2D eigenvalue weighted by molar-refractivity contribution is 0.0706. The first-order valence-corrected chi connectivity index (χ1v) is 8.87. The molecule has 0 spiro atoms. The molecule has 3 aromatic heterocycles. The molecule has 136 valence electrons. The van der Waals surface area contributed by atoms with Crippen LogP contribution >= 0.6 is 0 Å². The topological polar surface area (TPSA) is 92.6 Å². The van der Waals surface area contributed by atoms with Gasteiger partial charge in [0.2, 0.25) is 0 Å². The standard InChI is InChI=1S/C20H15N7O/c21-10-15-9-17-12-25(6-7-27(17)24-15)20(28)14-8-18-19(22-11-14)26(13-23-18)16-4-2-1-3-5-16/h1-5,8-9,11,13H,6-7,12H2. The van der Waals surface area contributed by atoms with E-state index in [0.29, 0.717) is 42.1 Å². The predicted octanol–water partition coefficient (Wildman–Crippen LogP) is 2.14. The van der Waals surface area contributed by atoms with Crippen molar-refractivity contribution in [3.8, 4) is 11.8 Å². The summed E-state index contributed by atoms with van der Waals surface area (Å²) < 4.78 is 3.68. The Balaban J connectivity index is 1.43. The molecular formula is C20H15N7O. The molecule has 4 aromatic rings. The largest absolute Gasteiger partial charge is 0.331 e. The summed E-state index contributed by atoms with van der Waals surface area (Å²) in [5.41, 5.74) is 4.08. The molecule has 28 heavy (non-hydrogen) atoms. The summed E-state index contributed by atoms with van der Waals surface area (Å²) in [6.45, 7) is 1.53. The average molecular weight is 369 g/mol. The van der Waals surface area contributed by atoms with Crippen molar-refractivity contribution in [3.05, 3.63) is 71.9 Å². The number of carbonyl (C=O) groups is 1. The number of imidazole rings is 1. The SMILES string of the molecule is N#Cc1cc2n(n1)CCN(C(=O)c1cnc3c(c1)ncn3-c1ccccc1)C2.